The zero-order valence-electron chi connectivity index (χ0n) is 19.2. The fourth-order valence-electron chi connectivity index (χ4n) is 4.62. The van der Waals surface area contributed by atoms with Crippen LogP contribution in [0.15, 0.2) is 53.1 Å². The number of fused-ring (bicyclic) bond motifs is 1. The van der Waals surface area contributed by atoms with Gasteiger partial charge in [-0.3, -0.25) is 4.79 Å². The summed E-state index contributed by atoms with van der Waals surface area (Å²) in [5, 5.41) is 4.62. The fourth-order valence-corrected chi connectivity index (χ4v) is 4.62. The van der Waals surface area contributed by atoms with E-state index in [9.17, 15) is 9.18 Å². The van der Waals surface area contributed by atoms with Crippen molar-refractivity contribution in [1.29, 1.82) is 0 Å². The van der Waals surface area contributed by atoms with Crippen molar-refractivity contribution in [2.24, 2.45) is 0 Å². The monoisotopic (exact) mass is 461 g/mol. The molecule has 1 aliphatic rings. The molecule has 1 atom stereocenters. The summed E-state index contributed by atoms with van der Waals surface area (Å²) < 4.78 is 29.9. The molecular formula is C26H24FN3O4. The maximum atomic E-state index is 14.0. The van der Waals surface area contributed by atoms with Crippen molar-refractivity contribution in [2.45, 2.75) is 25.8 Å². The Bertz CT molecular complexity index is 1370. The van der Waals surface area contributed by atoms with Gasteiger partial charge in [0.15, 0.2) is 0 Å². The summed E-state index contributed by atoms with van der Waals surface area (Å²) in [5.74, 6) is 0.923. The number of likely N-dealkylation sites (tertiary alicyclic amines) is 1. The van der Waals surface area contributed by atoms with E-state index >= 15 is 0 Å². The molecule has 7 nitrogen and oxygen atoms in total. The number of aromatic nitrogens is 2. The quantitative estimate of drug-likeness (QED) is 0.400. The van der Waals surface area contributed by atoms with Crippen LogP contribution in [-0.4, -0.2) is 41.7 Å². The molecule has 0 bridgehead atoms. The van der Waals surface area contributed by atoms with E-state index < -0.39 is 0 Å². The molecule has 1 amide bonds. The highest BCUT2D eigenvalue weighted by molar-refractivity contribution is 6.07. The molecule has 1 fully saturated rings. The normalized spacial score (nSPS) is 15.6. The summed E-state index contributed by atoms with van der Waals surface area (Å²) in [6, 6.07) is 13.2. The van der Waals surface area contributed by atoms with Gasteiger partial charge in [0, 0.05) is 17.7 Å². The largest absolute Gasteiger partial charge is 0.497 e. The summed E-state index contributed by atoms with van der Waals surface area (Å²) in [6.07, 6.45) is 1.66. The van der Waals surface area contributed by atoms with E-state index in [1.807, 2.05) is 23.1 Å². The molecule has 5 rings (SSSR count). The number of benzene rings is 2. The van der Waals surface area contributed by atoms with Gasteiger partial charge < -0.3 is 18.9 Å². The van der Waals surface area contributed by atoms with Crippen LogP contribution in [0.4, 0.5) is 4.39 Å². The zero-order chi connectivity index (χ0) is 23.8. The average molecular weight is 461 g/mol. The highest BCUT2D eigenvalue weighted by atomic mass is 19.1. The third-order valence-electron chi connectivity index (χ3n) is 6.30. The van der Waals surface area contributed by atoms with Gasteiger partial charge in [-0.1, -0.05) is 5.16 Å². The maximum absolute atomic E-state index is 14.0. The summed E-state index contributed by atoms with van der Waals surface area (Å²) in [4.78, 5) is 20.4. The summed E-state index contributed by atoms with van der Waals surface area (Å²) >= 11 is 0. The molecule has 1 saturated heterocycles. The fraction of sp³-hybridized carbons (Fsp3) is 0.269. The molecule has 8 heteroatoms. The molecular weight excluding hydrogens is 437 g/mol. The zero-order valence-corrected chi connectivity index (χ0v) is 19.2. The molecule has 1 aliphatic heterocycles. The van der Waals surface area contributed by atoms with Crippen LogP contribution in [0.2, 0.25) is 0 Å². The van der Waals surface area contributed by atoms with E-state index in [1.165, 1.54) is 12.1 Å². The number of rotatable bonds is 5. The molecule has 0 aliphatic carbocycles. The molecule has 0 N–H and O–H groups in total. The van der Waals surface area contributed by atoms with Gasteiger partial charge in [0.2, 0.25) is 0 Å². The lowest BCUT2D eigenvalue weighted by molar-refractivity contribution is 0.0736. The van der Waals surface area contributed by atoms with Crippen LogP contribution in [0.25, 0.3) is 22.4 Å². The lowest BCUT2D eigenvalue weighted by Crippen LogP contribution is -2.31. The Morgan fingerprint density at radius 2 is 1.91 bits per heavy atom. The molecule has 3 heterocycles. The second kappa shape index (κ2) is 8.78. The standard InChI is InChI=1S/C26H24FN3O4/c1-15-24-20(14-21(28-25(24)34-29-15)16-6-8-17(27)9-7-16)26(31)30-12-4-5-22(30)19-13-18(32-2)10-11-23(19)33-3/h6-11,13-14,22H,4-5,12H2,1-3H3/t22-/m0/s1. The molecule has 4 aromatic rings. The van der Waals surface area contributed by atoms with Gasteiger partial charge in [-0.05, 0) is 68.3 Å². The molecule has 34 heavy (non-hydrogen) atoms. The van der Waals surface area contributed by atoms with Crippen LogP contribution in [0.3, 0.4) is 0 Å². The Morgan fingerprint density at radius 1 is 1.12 bits per heavy atom. The lowest BCUT2D eigenvalue weighted by atomic mass is 10.0. The Kier molecular flexibility index (Phi) is 5.65. The van der Waals surface area contributed by atoms with Crippen LogP contribution >= 0.6 is 0 Å². The number of carbonyl (C=O) groups excluding carboxylic acids is 1. The highest BCUT2D eigenvalue weighted by Crippen LogP contribution is 2.40. The third-order valence-corrected chi connectivity index (χ3v) is 6.30. The predicted octanol–water partition coefficient (Wildman–Crippen LogP) is 5.33. The number of hydrogen-bond acceptors (Lipinski definition) is 6. The number of ether oxygens (including phenoxy) is 2. The molecule has 0 radical (unpaired) electrons. The number of nitrogens with zero attached hydrogens (tertiary/aromatic N) is 3. The number of methoxy groups -OCH3 is 2. The first kappa shape index (κ1) is 21.9. The van der Waals surface area contributed by atoms with Gasteiger partial charge in [-0.25, -0.2) is 9.37 Å². The molecule has 0 unspecified atom stereocenters. The van der Waals surface area contributed by atoms with E-state index in [-0.39, 0.29) is 23.5 Å². The van der Waals surface area contributed by atoms with E-state index in [1.54, 1.807) is 39.3 Å². The van der Waals surface area contributed by atoms with Crippen molar-refractivity contribution in [1.82, 2.24) is 15.0 Å². The Morgan fingerprint density at radius 3 is 2.65 bits per heavy atom. The first-order chi connectivity index (χ1) is 16.5. The Balaban J connectivity index is 1.60. The minimum atomic E-state index is -0.344. The molecule has 0 spiro atoms. The molecule has 0 saturated carbocycles. The SMILES string of the molecule is COc1ccc(OC)c([C@@H]2CCCN2C(=O)c2cc(-c3ccc(F)cc3)nc3onc(C)c23)c1. The van der Waals surface area contributed by atoms with E-state index in [2.05, 4.69) is 10.1 Å². The maximum Gasteiger partial charge on any atom is 0.259 e. The Labute approximate surface area is 196 Å². The van der Waals surface area contributed by atoms with E-state index in [0.29, 0.717) is 45.9 Å². The van der Waals surface area contributed by atoms with Crippen LogP contribution in [0, 0.1) is 12.7 Å². The minimum Gasteiger partial charge on any atom is -0.497 e. The van der Waals surface area contributed by atoms with E-state index in [4.69, 9.17) is 14.0 Å². The van der Waals surface area contributed by atoms with Gasteiger partial charge in [0.05, 0.1) is 42.6 Å². The molecule has 174 valence electrons. The van der Waals surface area contributed by atoms with Crippen LogP contribution in [-0.2, 0) is 0 Å². The highest BCUT2D eigenvalue weighted by Gasteiger charge is 2.34. The average Bonchev–Trinajstić information content (AvgIpc) is 3.50. The van der Waals surface area contributed by atoms with Crippen molar-refractivity contribution < 1.29 is 23.2 Å². The van der Waals surface area contributed by atoms with Crippen molar-refractivity contribution >= 4 is 17.0 Å². The van der Waals surface area contributed by atoms with Gasteiger partial charge in [0.1, 0.15) is 17.3 Å². The van der Waals surface area contributed by atoms with Crippen molar-refractivity contribution in [3.05, 3.63) is 71.2 Å². The third kappa shape index (κ3) is 3.75. The topological polar surface area (TPSA) is 77.7 Å². The number of amides is 1. The summed E-state index contributed by atoms with van der Waals surface area (Å²) in [7, 11) is 3.23. The van der Waals surface area contributed by atoms with Crippen LogP contribution < -0.4 is 9.47 Å². The van der Waals surface area contributed by atoms with Gasteiger partial charge in [-0.2, -0.15) is 0 Å². The van der Waals surface area contributed by atoms with Crippen molar-refractivity contribution in [3.63, 3.8) is 0 Å². The van der Waals surface area contributed by atoms with Gasteiger partial charge in [0.25, 0.3) is 11.6 Å². The predicted molar refractivity (Wildman–Crippen MR) is 124 cm³/mol. The van der Waals surface area contributed by atoms with Crippen LogP contribution in [0.5, 0.6) is 11.5 Å². The number of hydrogen-bond donors (Lipinski definition) is 0. The second-order valence-electron chi connectivity index (χ2n) is 8.27. The number of pyridine rings is 1. The Hall–Kier alpha value is -3.94. The molecule has 2 aromatic heterocycles. The van der Waals surface area contributed by atoms with E-state index in [0.717, 1.165) is 18.4 Å². The number of halogens is 1. The first-order valence-electron chi connectivity index (χ1n) is 11.1. The summed E-state index contributed by atoms with van der Waals surface area (Å²) in [6.45, 7) is 2.39. The minimum absolute atomic E-state index is 0.144. The number of aryl methyl sites for hydroxylation is 1. The van der Waals surface area contributed by atoms with Crippen molar-refractivity contribution in [3.8, 4) is 22.8 Å². The van der Waals surface area contributed by atoms with Gasteiger partial charge >= 0.3 is 0 Å². The lowest BCUT2D eigenvalue weighted by Gasteiger charge is -2.27. The van der Waals surface area contributed by atoms with Gasteiger partial charge in [-0.15, -0.1) is 0 Å². The van der Waals surface area contributed by atoms with Crippen LogP contribution in [0.1, 0.15) is 40.5 Å². The van der Waals surface area contributed by atoms with Crippen molar-refractivity contribution in [2.75, 3.05) is 20.8 Å². The second-order valence-corrected chi connectivity index (χ2v) is 8.27. The smallest absolute Gasteiger partial charge is 0.259 e. The first-order valence-corrected chi connectivity index (χ1v) is 11.1. The number of carbonyl (C=O) groups is 1. The summed E-state index contributed by atoms with van der Waals surface area (Å²) in [5.41, 5.74) is 3.42. The molecule has 2 aromatic carbocycles.